The maximum atomic E-state index is 13.1. The van der Waals surface area contributed by atoms with Crippen LogP contribution in [0.25, 0.3) is 0 Å². The Hall–Kier alpha value is -1.62. The van der Waals surface area contributed by atoms with E-state index in [2.05, 4.69) is 5.32 Å². The van der Waals surface area contributed by atoms with Crippen LogP contribution in [-0.2, 0) is 9.59 Å². The number of ketones is 2. The summed E-state index contributed by atoms with van der Waals surface area (Å²) in [4.78, 5) is 26.3. The molecule has 0 amide bonds. The molecule has 7 N–H and O–H groups in total. The first-order valence-electron chi connectivity index (χ1n) is 11.0. The Morgan fingerprint density at radius 2 is 1.22 bits per heavy atom. The van der Waals surface area contributed by atoms with Gasteiger partial charge in [0.15, 0.2) is 11.6 Å². The maximum Gasteiger partial charge on any atom is 0.161 e. The van der Waals surface area contributed by atoms with E-state index in [0.717, 1.165) is 0 Å². The van der Waals surface area contributed by atoms with Crippen LogP contribution < -0.4 is 5.32 Å². The number of hydrogen-bond acceptors (Lipinski definition) is 9. The van der Waals surface area contributed by atoms with Crippen molar-refractivity contribution in [2.75, 3.05) is 6.61 Å². The van der Waals surface area contributed by atoms with Gasteiger partial charge < -0.3 is 36.0 Å². The van der Waals surface area contributed by atoms with Crippen LogP contribution in [0.3, 0.4) is 0 Å². The van der Waals surface area contributed by atoms with Crippen molar-refractivity contribution < 1.29 is 40.2 Å². The highest BCUT2D eigenvalue weighted by atomic mass is 16.4. The van der Waals surface area contributed by atoms with Crippen LogP contribution in [0.1, 0.15) is 53.4 Å². The van der Waals surface area contributed by atoms with Crippen LogP contribution in [0.4, 0.5) is 0 Å². The van der Waals surface area contributed by atoms with Gasteiger partial charge in [0.05, 0.1) is 12.7 Å². The summed E-state index contributed by atoms with van der Waals surface area (Å²) in [5.74, 6) is -1.68. The van der Waals surface area contributed by atoms with Crippen molar-refractivity contribution in [1.29, 1.82) is 0 Å². The smallest absolute Gasteiger partial charge is 0.161 e. The molecule has 32 heavy (non-hydrogen) atoms. The number of dihydropyridines is 1. The van der Waals surface area contributed by atoms with E-state index in [9.17, 15) is 35.1 Å². The highest BCUT2D eigenvalue weighted by Crippen LogP contribution is 2.49. The van der Waals surface area contributed by atoms with Crippen LogP contribution in [-0.4, -0.2) is 79.3 Å². The van der Waals surface area contributed by atoms with E-state index in [1.807, 2.05) is 27.7 Å². The van der Waals surface area contributed by atoms with Crippen LogP contribution in [0.15, 0.2) is 22.5 Å². The van der Waals surface area contributed by atoms with Gasteiger partial charge in [-0.3, -0.25) is 9.59 Å². The van der Waals surface area contributed by atoms with E-state index in [4.69, 9.17) is 5.11 Å². The minimum atomic E-state index is -2.01. The molecule has 0 radical (unpaired) electrons. The zero-order valence-electron chi connectivity index (χ0n) is 19.0. The lowest BCUT2D eigenvalue weighted by molar-refractivity contribution is -0.146. The molecule has 0 aromatic carbocycles. The first-order chi connectivity index (χ1) is 14.7. The topological polar surface area (TPSA) is 168 Å². The monoisotopic (exact) mass is 453 g/mol. The van der Waals surface area contributed by atoms with E-state index in [-0.39, 0.29) is 46.4 Å². The molecule has 180 valence electrons. The second-order valence-electron chi connectivity index (χ2n) is 11.0. The van der Waals surface area contributed by atoms with E-state index < -0.39 is 43.0 Å². The molecule has 3 rings (SSSR count). The molecule has 0 saturated carbocycles. The Balaban J connectivity index is 2.06. The summed E-state index contributed by atoms with van der Waals surface area (Å²) in [6, 6.07) is 0. The molecule has 9 heteroatoms. The van der Waals surface area contributed by atoms with Gasteiger partial charge in [0.2, 0.25) is 0 Å². The van der Waals surface area contributed by atoms with E-state index >= 15 is 0 Å². The van der Waals surface area contributed by atoms with Crippen molar-refractivity contribution in [3.8, 4) is 0 Å². The standard InChI is InChI=1S/C23H35NO8/c1-22(2)5-10-15(12(26)7-22)17(16-11(24-10)6-23(3,4)8-13(16)27)19(30)21(32)20(31)18(29)14(28)9-25/h14,17-21,24-25,28-32H,5-9H2,1-4H3. The zero-order valence-corrected chi connectivity index (χ0v) is 19.0. The third-order valence-electron chi connectivity index (χ3n) is 6.74. The third-order valence-corrected chi connectivity index (χ3v) is 6.74. The molecule has 5 unspecified atom stereocenters. The first kappa shape index (κ1) is 25.0. The SMILES string of the molecule is CC1(C)CC(=O)C2=C(C1)NC1=C(C(=O)CC(C)(C)C1)C2C(O)C(O)C(O)C(O)C(O)CO. The van der Waals surface area contributed by atoms with E-state index in [0.29, 0.717) is 24.2 Å². The number of allylic oxidation sites excluding steroid dienone is 2. The summed E-state index contributed by atoms with van der Waals surface area (Å²) in [6.45, 7) is 6.94. The molecule has 1 aliphatic heterocycles. The Morgan fingerprint density at radius 3 is 1.62 bits per heavy atom. The fourth-order valence-corrected chi connectivity index (χ4v) is 5.22. The fourth-order valence-electron chi connectivity index (χ4n) is 5.22. The number of aliphatic hydroxyl groups is 6. The lowest BCUT2D eigenvalue weighted by Crippen LogP contribution is -2.54. The number of hydrogen-bond donors (Lipinski definition) is 7. The minimum absolute atomic E-state index is 0.198. The number of Topliss-reactive ketones (excluding diaryl/α,β-unsaturated/α-hetero) is 2. The Kier molecular flexibility index (Phi) is 6.74. The normalized spacial score (nSPS) is 27.8. The number of rotatable bonds is 6. The molecule has 3 aliphatic rings. The molecule has 0 spiro atoms. The molecule has 1 heterocycles. The molecule has 5 atom stereocenters. The van der Waals surface area contributed by atoms with Gasteiger partial charge in [-0.05, 0) is 23.7 Å². The van der Waals surface area contributed by atoms with Crippen LogP contribution in [0, 0.1) is 16.7 Å². The summed E-state index contributed by atoms with van der Waals surface area (Å²) >= 11 is 0. The molecule has 0 saturated heterocycles. The van der Waals surface area contributed by atoms with Crippen LogP contribution in [0.5, 0.6) is 0 Å². The van der Waals surface area contributed by atoms with Crippen LogP contribution in [0.2, 0.25) is 0 Å². The summed E-state index contributed by atoms with van der Waals surface area (Å²) in [6.07, 6.45) is -8.05. The van der Waals surface area contributed by atoms with Crippen molar-refractivity contribution in [2.45, 2.75) is 83.9 Å². The predicted octanol–water partition coefficient (Wildman–Crippen LogP) is -0.711. The van der Waals surface area contributed by atoms with Gasteiger partial charge in [-0.2, -0.15) is 0 Å². The van der Waals surface area contributed by atoms with Crippen molar-refractivity contribution in [3.05, 3.63) is 22.5 Å². The van der Waals surface area contributed by atoms with Crippen molar-refractivity contribution >= 4 is 11.6 Å². The van der Waals surface area contributed by atoms with E-state index in [1.54, 1.807) is 0 Å². The van der Waals surface area contributed by atoms with Gasteiger partial charge in [-0.15, -0.1) is 0 Å². The van der Waals surface area contributed by atoms with Gasteiger partial charge in [-0.1, -0.05) is 27.7 Å². The van der Waals surface area contributed by atoms with Crippen molar-refractivity contribution in [3.63, 3.8) is 0 Å². The van der Waals surface area contributed by atoms with E-state index in [1.165, 1.54) is 0 Å². The maximum absolute atomic E-state index is 13.1. The minimum Gasteiger partial charge on any atom is -0.394 e. The van der Waals surface area contributed by atoms with Crippen LogP contribution >= 0.6 is 0 Å². The Bertz CT molecular complexity index is 806. The molecular formula is C23H35NO8. The lowest BCUT2D eigenvalue weighted by Gasteiger charge is -2.45. The van der Waals surface area contributed by atoms with Gasteiger partial charge in [0.1, 0.15) is 24.4 Å². The number of nitrogens with one attached hydrogen (secondary N) is 1. The molecule has 2 aliphatic carbocycles. The van der Waals surface area contributed by atoms with Gasteiger partial charge in [0, 0.05) is 41.3 Å². The second-order valence-corrected chi connectivity index (χ2v) is 11.0. The third kappa shape index (κ3) is 4.55. The quantitative estimate of drug-likeness (QED) is 0.275. The average molecular weight is 454 g/mol. The number of carbonyl (C=O) groups is 2. The average Bonchev–Trinajstić information content (AvgIpc) is 2.67. The molecule has 0 aromatic heterocycles. The predicted molar refractivity (Wildman–Crippen MR) is 114 cm³/mol. The highest BCUT2D eigenvalue weighted by molar-refractivity contribution is 6.05. The van der Waals surface area contributed by atoms with Gasteiger partial charge >= 0.3 is 0 Å². The number of carbonyl (C=O) groups excluding carboxylic acids is 2. The fraction of sp³-hybridized carbons (Fsp3) is 0.739. The largest absolute Gasteiger partial charge is 0.394 e. The van der Waals surface area contributed by atoms with Gasteiger partial charge in [-0.25, -0.2) is 0 Å². The number of aliphatic hydroxyl groups excluding tert-OH is 6. The lowest BCUT2D eigenvalue weighted by atomic mass is 9.64. The summed E-state index contributed by atoms with van der Waals surface area (Å²) in [7, 11) is 0. The zero-order chi connectivity index (χ0) is 24.2. The highest BCUT2D eigenvalue weighted by Gasteiger charge is 2.50. The molecule has 0 fully saturated rings. The Morgan fingerprint density at radius 1 is 0.781 bits per heavy atom. The second kappa shape index (κ2) is 8.62. The first-order valence-corrected chi connectivity index (χ1v) is 11.0. The molecule has 9 nitrogen and oxygen atoms in total. The Labute approximate surface area is 187 Å². The van der Waals surface area contributed by atoms with Gasteiger partial charge in [0.25, 0.3) is 0 Å². The molecular weight excluding hydrogens is 418 g/mol. The molecule has 0 bridgehead atoms. The van der Waals surface area contributed by atoms with Crippen molar-refractivity contribution in [1.82, 2.24) is 5.32 Å². The summed E-state index contributed by atoms with van der Waals surface area (Å²) in [5, 5.41) is 64.1. The summed E-state index contributed by atoms with van der Waals surface area (Å²) in [5.41, 5.74) is 0.961. The molecule has 0 aromatic rings. The van der Waals surface area contributed by atoms with Crippen molar-refractivity contribution in [2.24, 2.45) is 16.7 Å². The summed E-state index contributed by atoms with van der Waals surface area (Å²) < 4.78 is 0.